The van der Waals surface area contributed by atoms with Crippen molar-refractivity contribution in [3.63, 3.8) is 0 Å². The first-order valence-corrected chi connectivity index (χ1v) is 8.23. The molecule has 0 aliphatic carbocycles. The highest BCUT2D eigenvalue weighted by Crippen LogP contribution is 2.31. The maximum atomic E-state index is 13.8. The van der Waals surface area contributed by atoms with Crippen LogP contribution in [0.1, 0.15) is 20.3 Å². The Morgan fingerprint density at radius 2 is 2.10 bits per heavy atom. The van der Waals surface area contributed by atoms with Gasteiger partial charge < -0.3 is 4.74 Å². The van der Waals surface area contributed by atoms with Crippen molar-refractivity contribution in [3.05, 3.63) is 28.2 Å². The molecule has 0 saturated carbocycles. The van der Waals surface area contributed by atoms with E-state index < -0.39 is 32.1 Å². The van der Waals surface area contributed by atoms with E-state index in [1.807, 2.05) is 0 Å². The predicted molar refractivity (Wildman–Crippen MR) is 72.8 cm³/mol. The first-order valence-electron chi connectivity index (χ1n) is 5.96. The Morgan fingerprint density at radius 3 is 2.60 bits per heavy atom. The molecule has 1 fully saturated rings. The van der Waals surface area contributed by atoms with Crippen LogP contribution in [0.4, 0.5) is 8.78 Å². The van der Waals surface area contributed by atoms with E-state index in [-0.39, 0.29) is 10.6 Å². The lowest BCUT2D eigenvalue weighted by atomic mass is 9.97. The molecule has 0 radical (unpaired) electrons. The first kappa shape index (κ1) is 15.8. The van der Waals surface area contributed by atoms with E-state index in [1.165, 1.54) is 0 Å². The van der Waals surface area contributed by atoms with Crippen LogP contribution in [0.25, 0.3) is 0 Å². The van der Waals surface area contributed by atoms with E-state index in [0.717, 1.165) is 6.07 Å². The van der Waals surface area contributed by atoms with Crippen LogP contribution in [0.15, 0.2) is 21.5 Å². The molecule has 20 heavy (non-hydrogen) atoms. The van der Waals surface area contributed by atoms with Gasteiger partial charge >= 0.3 is 0 Å². The summed E-state index contributed by atoms with van der Waals surface area (Å²) < 4.78 is 59.1. The zero-order valence-corrected chi connectivity index (χ0v) is 13.3. The summed E-state index contributed by atoms with van der Waals surface area (Å²) in [5.74, 6) is -1.99. The average Bonchev–Trinajstić information content (AvgIpc) is 2.55. The van der Waals surface area contributed by atoms with Crippen molar-refractivity contribution in [2.75, 3.05) is 6.61 Å². The standard InChI is InChI=1S/C12H14BrF2NO3S/c1-7-12(2,3-4-19-7)16-20(17,18)11-9(13)5-8(14)6-10(11)15/h5-7,16H,3-4H2,1-2H3. The van der Waals surface area contributed by atoms with Gasteiger partial charge in [0.15, 0.2) is 0 Å². The average molecular weight is 370 g/mol. The van der Waals surface area contributed by atoms with Gasteiger partial charge in [-0.05, 0) is 42.3 Å². The second-order valence-corrected chi connectivity index (χ2v) is 7.46. The number of halogens is 3. The monoisotopic (exact) mass is 369 g/mol. The van der Waals surface area contributed by atoms with Crippen LogP contribution in [-0.4, -0.2) is 26.7 Å². The molecule has 1 aliphatic heterocycles. The molecule has 1 aliphatic rings. The molecule has 1 aromatic rings. The molecule has 1 aromatic carbocycles. The molecule has 2 unspecified atom stereocenters. The van der Waals surface area contributed by atoms with Crippen LogP contribution in [0, 0.1) is 11.6 Å². The quantitative estimate of drug-likeness (QED) is 0.890. The maximum absolute atomic E-state index is 13.8. The molecule has 4 nitrogen and oxygen atoms in total. The van der Waals surface area contributed by atoms with Gasteiger partial charge in [-0.25, -0.2) is 21.9 Å². The van der Waals surface area contributed by atoms with Crippen molar-refractivity contribution < 1.29 is 21.9 Å². The number of hydrogen-bond acceptors (Lipinski definition) is 3. The van der Waals surface area contributed by atoms with Crippen LogP contribution in [0.2, 0.25) is 0 Å². The minimum Gasteiger partial charge on any atom is -0.376 e. The van der Waals surface area contributed by atoms with E-state index >= 15 is 0 Å². The highest BCUT2D eigenvalue weighted by atomic mass is 79.9. The number of ether oxygens (including phenoxy) is 1. The van der Waals surface area contributed by atoms with Crippen molar-refractivity contribution in [3.8, 4) is 0 Å². The summed E-state index contributed by atoms with van der Waals surface area (Å²) in [6, 6.07) is 1.45. The van der Waals surface area contributed by atoms with Gasteiger partial charge in [-0.15, -0.1) is 0 Å². The number of benzene rings is 1. The van der Waals surface area contributed by atoms with E-state index in [1.54, 1.807) is 13.8 Å². The van der Waals surface area contributed by atoms with Gasteiger partial charge in [0.2, 0.25) is 10.0 Å². The van der Waals surface area contributed by atoms with E-state index in [9.17, 15) is 17.2 Å². The molecule has 2 rings (SSSR count). The molecule has 0 spiro atoms. The predicted octanol–water partition coefficient (Wildman–Crippen LogP) is 2.57. The minimum atomic E-state index is -4.13. The second-order valence-electron chi connectivity index (χ2n) is 4.98. The van der Waals surface area contributed by atoms with Crippen LogP contribution in [0.5, 0.6) is 0 Å². The van der Waals surface area contributed by atoms with Crippen molar-refractivity contribution in [1.29, 1.82) is 0 Å². The summed E-state index contributed by atoms with van der Waals surface area (Å²) in [4.78, 5) is -0.598. The largest absolute Gasteiger partial charge is 0.376 e. The molecule has 1 heterocycles. The summed E-state index contributed by atoms with van der Waals surface area (Å²) in [5, 5.41) is 0. The van der Waals surface area contributed by atoms with Crippen molar-refractivity contribution >= 4 is 26.0 Å². The summed E-state index contributed by atoms with van der Waals surface area (Å²) in [5.41, 5.74) is -0.820. The number of rotatable bonds is 3. The van der Waals surface area contributed by atoms with Gasteiger partial charge in [0.05, 0.1) is 11.6 Å². The molecule has 0 amide bonds. The van der Waals surface area contributed by atoms with Gasteiger partial charge in [0, 0.05) is 17.1 Å². The zero-order valence-electron chi connectivity index (χ0n) is 10.9. The molecule has 2 atom stereocenters. The Balaban J connectivity index is 2.42. The van der Waals surface area contributed by atoms with Gasteiger partial charge in [-0.1, -0.05) is 0 Å². The Labute approximate surface area is 124 Å². The van der Waals surface area contributed by atoms with Crippen molar-refractivity contribution in [1.82, 2.24) is 4.72 Å². The highest BCUT2D eigenvalue weighted by Gasteiger charge is 2.41. The van der Waals surface area contributed by atoms with Crippen LogP contribution >= 0.6 is 15.9 Å². The lowest BCUT2D eigenvalue weighted by Gasteiger charge is -2.28. The Morgan fingerprint density at radius 1 is 1.45 bits per heavy atom. The molecule has 112 valence electrons. The van der Waals surface area contributed by atoms with Gasteiger partial charge in [-0.2, -0.15) is 0 Å². The van der Waals surface area contributed by atoms with Crippen molar-refractivity contribution in [2.24, 2.45) is 0 Å². The normalized spacial score (nSPS) is 26.9. The highest BCUT2D eigenvalue weighted by molar-refractivity contribution is 9.10. The Bertz CT molecular complexity index is 615. The third-order valence-corrected chi connectivity index (χ3v) is 6.06. The minimum absolute atomic E-state index is 0.155. The molecule has 0 aromatic heterocycles. The lowest BCUT2D eigenvalue weighted by Crippen LogP contribution is -2.50. The fourth-order valence-corrected chi connectivity index (χ4v) is 4.78. The topological polar surface area (TPSA) is 55.4 Å². The molecular weight excluding hydrogens is 356 g/mol. The molecule has 1 saturated heterocycles. The van der Waals surface area contributed by atoms with E-state index in [0.29, 0.717) is 19.1 Å². The third-order valence-electron chi connectivity index (χ3n) is 3.49. The van der Waals surface area contributed by atoms with Crippen molar-refractivity contribution in [2.45, 2.75) is 36.8 Å². The van der Waals surface area contributed by atoms with Crippen LogP contribution in [0.3, 0.4) is 0 Å². The molecule has 0 bridgehead atoms. The van der Waals surface area contributed by atoms with Gasteiger partial charge in [-0.3, -0.25) is 0 Å². The first-order chi connectivity index (χ1) is 9.16. The summed E-state index contributed by atoms with van der Waals surface area (Å²) in [7, 11) is -4.13. The van der Waals surface area contributed by atoms with Crippen LogP contribution in [-0.2, 0) is 14.8 Å². The molecular formula is C12H14BrF2NO3S. The number of nitrogens with one attached hydrogen (secondary N) is 1. The van der Waals surface area contributed by atoms with E-state index in [4.69, 9.17) is 4.74 Å². The summed E-state index contributed by atoms with van der Waals surface area (Å²) >= 11 is 2.89. The molecule has 1 N–H and O–H groups in total. The zero-order chi connectivity index (χ0) is 15.1. The smallest absolute Gasteiger partial charge is 0.245 e. The Kier molecular flexibility index (Phi) is 4.21. The fourth-order valence-electron chi connectivity index (χ4n) is 2.11. The summed E-state index contributed by atoms with van der Waals surface area (Å²) in [6.45, 7) is 3.86. The lowest BCUT2D eigenvalue weighted by molar-refractivity contribution is 0.0957. The van der Waals surface area contributed by atoms with Crippen LogP contribution < -0.4 is 4.72 Å². The van der Waals surface area contributed by atoms with Gasteiger partial charge in [0.25, 0.3) is 0 Å². The number of hydrogen-bond donors (Lipinski definition) is 1. The van der Waals surface area contributed by atoms with E-state index in [2.05, 4.69) is 20.7 Å². The Hall–Kier alpha value is -0.570. The third kappa shape index (κ3) is 2.88. The van der Waals surface area contributed by atoms with Gasteiger partial charge in [0.1, 0.15) is 16.5 Å². The second kappa shape index (κ2) is 5.32. The SMILES string of the molecule is CC1OCCC1(C)NS(=O)(=O)c1c(F)cc(F)cc1Br. The number of sulfonamides is 1. The molecule has 8 heteroatoms. The fraction of sp³-hybridized carbons (Fsp3) is 0.500. The summed E-state index contributed by atoms with van der Waals surface area (Å²) in [6.07, 6.45) is 0.146. The maximum Gasteiger partial charge on any atom is 0.245 e.